The molecular weight excluding hydrogens is 516 g/mol. The Balaban J connectivity index is 1.50. The normalized spacial score (nSPS) is 17.1. The maximum absolute atomic E-state index is 10.9. The number of rotatable bonds is 11. The number of pyridine rings is 4. The molecule has 0 saturated heterocycles. The fourth-order valence-electron chi connectivity index (χ4n) is 5.86. The van der Waals surface area contributed by atoms with Crippen molar-refractivity contribution in [2.24, 2.45) is 0 Å². The molecule has 5 heterocycles. The van der Waals surface area contributed by atoms with Crippen molar-refractivity contribution in [3.8, 4) is 34.9 Å². The third-order valence-corrected chi connectivity index (χ3v) is 8.26. The molecule has 0 radical (unpaired) electrons. The average molecular weight is 555 g/mol. The number of aromatic nitrogens is 4. The van der Waals surface area contributed by atoms with E-state index in [1.165, 1.54) is 51.4 Å². The van der Waals surface area contributed by atoms with Gasteiger partial charge >= 0.3 is 0 Å². The molecule has 8 bridgehead atoms. The predicted molar refractivity (Wildman–Crippen MR) is 165 cm³/mol. The van der Waals surface area contributed by atoms with E-state index < -0.39 is 11.3 Å². The smallest absolute Gasteiger partial charge is 0.141 e. The van der Waals surface area contributed by atoms with E-state index in [9.17, 15) is 10.5 Å². The first-order valence-corrected chi connectivity index (χ1v) is 15.4. The molecule has 0 amide bonds. The van der Waals surface area contributed by atoms with E-state index in [2.05, 4.69) is 19.1 Å². The molecule has 4 aromatic heterocycles. The maximum Gasteiger partial charge on any atom is 0.141 e. The van der Waals surface area contributed by atoms with Crippen molar-refractivity contribution in [1.29, 1.82) is 10.5 Å². The summed E-state index contributed by atoms with van der Waals surface area (Å²) in [6, 6.07) is 27.9. The van der Waals surface area contributed by atoms with E-state index in [4.69, 9.17) is 19.9 Å². The Bertz CT molecular complexity index is 1490. The second-order valence-electron chi connectivity index (χ2n) is 11.2. The molecule has 0 fully saturated rings. The van der Waals surface area contributed by atoms with E-state index in [0.717, 1.165) is 12.8 Å². The van der Waals surface area contributed by atoms with Crippen LogP contribution in [0.2, 0.25) is 0 Å². The van der Waals surface area contributed by atoms with Gasteiger partial charge in [0.15, 0.2) is 0 Å². The van der Waals surface area contributed by atoms with Crippen LogP contribution in [0.4, 0.5) is 0 Å². The molecule has 212 valence electrons. The summed E-state index contributed by atoms with van der Waals surface area (Å²) in [5.74, 6) is -0.631. The minimum Gasteiger partial charge on any atom is -0.249 e. The molecule has 0 N–H and O–H groups in total. The molecule has 6 nitrogen and oxygen atoms in total. The second kappa shape index (κ2) is 14.0. The van der Waals surface area contributed by atoms with Crippen LogP contribution in [0.5, 0.6) is 0 Å². The number of nitrogens with zero attached hydrogens (tertiary/aromatic N) is 6. The van der Waals surface area contributed by atoms with Gasteiger partial charge in [0, 0.05) is 0 Å². The lowest BCUT2D eigenvalue weighted by Gasteiger charge is -2.27. The van der Waals surface area contributed by atoms with Gasteiger partial charge in [-0.25, -0.2) is 19.9 Å². The number of fused-ring (bicyclic) bond motifs is 10. The zero-order valence-electron chi connectivity index (χ0n) is 24.5. The third-order valence-electron chi connectivity index (χ3n) is 8.26. The van der Waals surface area contributed by atoms with Crippen LogP contribution in [0, 0.1) is 22.7 Å². The lowest BCUT2D eigenvalue weighted by atomic mass is 9.76. The van der Waals surface area contributed by atoms with Crippen LogP contribution in [-0.2, 0) is 5.41 Å². The van der Waals surface area contributed by atoms with Gasteiger partial charge in [0.1, 0.15) is 11.3 Å². The number of hydrogen-bond donors (Lipinski definition) is 0. The van der Waals surface area contributed by atoms with Gasteiger partial charge in [-0.3, -0.25) is 0 Å². The van der Waals surface area contributed by atoms with Crippen molar-refractivity contribution < 1.29 is 0 Å². The molecular formula is C36H38N6. The van der Waals surface area contributed by atoms with Gasteiger partial charge in [-0.15, -0.1) is 0 Å². The molecule has 0 saturated carbocycles. The fourth-order valence-corrected chi connectivity index (χ4v) is 5.86. The van der Waals surface area contributed by atoms with E-state index in [1.807, 2.05) is 72.8 Å². The van der Waals surface area contributed by atoms with E-state index in [0.29, 0.717) is 52.0 Å². The lowest BCUT2D eigenvalue weighted by molar-refractivity contribution is 0.495. The Morgan fingerprint density at radius 3 is 1.45 bits per heavy atom. The summed E-state index contributed by atoms with van der Waals surface area (Å²) in [6.07, 6.45) is 12.9. The predicted octanol–water partition coefficient (Wildman–Crippen LogP) is 8.69. The van der Waals surface area contributed by atoms with Crippen molar-refractivity contribution >= 4 is 0 Å². The van der Waals surface area contributed by atoms with Gasteiger partial charge in [0.05, 0.1) is 57.7 Å². The van der Waals surface area contributed by atoms with E-state index >= 15 is 0 Å². The van der Waals surface area contributed by atoms with Gasteiger partial charge < -0.3 is 0 Å². The van der Waals surface area contributed by atoms with Crippen LogP contribution in [-0.4, -0.2) is 19.9 Å². The highest BCUT2D eigenvalue weighted by molar-refractivity contribution is 5.59. The summed E-state index contributed by atoms with van der Waals surface area (Å²) in [5, 5.41) is 21.0. The molecule has 5 rings (SSSR count). The van der Waals surface area contributed by atoms with Crippen LogP contribution < -0.4 is 0 Å². The standard InChI is InChI=1S/C36H38N6/c1-2-3-4-5-6-7-8-9-10-11-24-36(26-38)34-22-14-20-32(41-34)30-18-12-16-28(39-30)27(25-37)29-17-13-19-31(40-29)33-21-15-23-35(36)42-33/h12-23,27H,2-11,24H2,1H3. The molecule has 0 atom stereocenters. The van der Waals surface area contributed by atoms with Gasteiger partial charge in [0.2, 0.25) is 0 Å². The minimum atomic E-state index is -1.01. The number of unbranched alkanes of at least 4 members (excludes halogenated alkanes) is 9. The van der Waals surface area contributed by atoms with Crippen LogP contribution in [0.15, 0.2) is 72.8 Å². The summed E-state index contributed by atoms with van der Waals surface area (Å²) in [4.78, 5) is 19.8. The summed E-state index contributed by atoms with van der Waals surface area (Å²) >= 11 is 0. The SMILES string of the molecule is CCCCCCCCCCCCC1(C#N)c2cccc(n2)-c2cccc(n2)C(C#N)c2cccc(n2)-c2cccc1n2. The largest absolute Gasteiger partial charge is 0.249 e. The van der Waals surface area contributed by atoms with Gasteiger partial charge in [-0.1, -0.05) is 95.4 Å². The quantitative estimate of drug-likeness (QED) is 0.172. The highest BCUT2D eigenvalue weighted by Gasteiger charge is 2.38. The summed E-state index contributed by atoms with van der Waals surface area (Å²) < 4.78 is 0. The topological polar surface area (TPSA) is 99.1 Å². The molecule has 0 aliphatic carbocycles. The second-order valence-corrected chi connectivity index (χ2v) is 11.2. The zero-order valence-corrected chi connectivity index (χ0v) is 24.5. The van der Waals surface area contributed by atoms with Crippen molar-refractivity contribution in [2.75, 3.05) is 0 Å². The monoisotopic (exact) mass is 554 g/mol. The fraction of sp³-hybridized carbons (Fsp3) is 0.389. The molecule has 1 aliphatic rings. The summed E-state index contributed by atoms with van der Waals surface area (Å²) in [7, 11) is 0. The molecule has 42 heavy (non-hydrogen) atoms. The van der Waals surface area contributed by atoms with Gasteiger partial charge in [-0.05, 0) is 55.0 Å². The van der Waals surface area contributed by atoms with Gasteiger partial charge in [-0.2, -0.15) is 10.5 Å². The first-order valence-electron chi connectivity index (χ1n) is 15.4. The van der Waals surface area contributed by atoms with Crippen molar-refractivity contribution in [1.82, 2.24) is 19.9 Å². The average Bonchev–Trinajstić information content (AvgIpc) is 3.04. The van der Waals surface area contributed by atoms with Crippen LogP contribution in [0.25, 0.3) is 22.8 Å². The Labute approximate surface area is 249 Å². The molecule has 0 unspecified atom stereocenters. The third kappa shape index (κ3) is 6.39. The Morgan fingerprint density at radius 2 is 1.00 bits per heavy atom. The Kier molecular flexibility index (Phi) is 9.67. The first-order chi connectivity index (χ1) is 20.7. The van der Waals surface area contributed by atoms with Gasteiger partial charge in [0.25, 0.3) is 0 Å². The first kappa shape index (κ1) is 29.1. The molecule has 4 aromatic rings. The minimum absolute atomic E-state index is 0.613. The van der Waals surface area contributed by atoms with E-state index in [-0.39, 0.29) is 0 Å². The number of hydrogen-bond acceptors (Lipinski definition) is 6. The number of nitriles is 2. The zero-order chi connectivity index (χ0) is 29.2. The van der Waals surface area contributed by atoms with Crippen LogP contribution in [0.1, 0.15) is 106 Å². The molecule has 0 spiro atoms. The summed E-state index contributed by atoms with van der Waals surface area (Å²) in [6.45, 7) is 2.25. The maximum atomic E-state index is 10.9. The Hall–Kier alpha value is -4.42. The van der Waals surface area contributed by atoms with Crippen molar-refractivity contribution in [3.05, 3.63) is 95.6 Å². The van der Waals surface area contributed by atoms with Crippen molar-refractivity contribution in [2.45, 2.75) is 88.9 Å². The molecule has 0 aromatic carbocycles. The van der Waals surface area contributed by atoms with Crippen molar-refractivity contribution in [3.63, 3.8) is 0 Å². The highest BCUT2D eigenvalue weighted by atomic mass is 14.9. The van der Waals surface area contributed by atoms with Crippen LogP contribution >= 0.6 is 0 Å². The Morgan fingerprint density at radius 1 is 0.571 bits per heavy atom. The van der Waals surface area contributed by atoms with E-state index in [1.54, 1.807) is 0 Å². The summed E-state index contributed by atoms with van der Waals surface area (Å²) in [5.41, 5.74) is 4.22. The molecule has 1 aliphatic heterocycles. The molecule has 6 heteroatoms. The highest BCUT2D eigenvalue weighted by Crippen LogP contribution is 2.37. The lowest BCUT2D eigenvalue weighted by Crippen LogP contribution is -2.29. The van der Waals surface area contributed by atoms with Crippen LogP contribution in [0.3, 0.4) is 0 Å².